The molecule has 0 spiro atoms. The maximum atomic E-state index is 13.5. The number of methoxy groups -OCH3 is 2. The third-order valence-electron chi connectivity index (χ3n) is 5.84. The number of nitrogens with zero attached hydrogens (tertiary/aromatic N) is 2. The first-order valence-corrected chi connectivity index (χ1v) is 13.1. The number of carbonyl (C=O) groups excluding carboxylic acids is 1. The number of esters is 1. The van der Waals surface area contributed by atoms with Gasteiger partial charge in [-0.05, 0) is 30.3 Å². The molecule has 1 atom stereocenters. The number of nitrogens with one attached hydrogen (secondary N) is 2. The highest BCUT2D eigenvalue weighted by molar-refractivity contribution is 7.80. The molecule has 0 saturated heterocycles. The predicted octanol–water partition coefficient (Wildman–Crippen LogP) is 5.95. The van der Waals surface area contributed by atoms with Crippen molar-refractivity contribution in [2.24, 2.45) is 0 Å². The summed E-state index contributed by atoms with van der Waals surface area (Å²) in [5, 5.41) is 11.3. The van der Waals surface area contributed by atoms with Crippen molar-refractivity contribution in [2.45, 2.75) is 6.04 Å². The number of ether oxygens (including phenoxy) is 2. The number of hydrogen-bond acceptors (Lipinski definition) is 9. The number of fused-ring (bicyclic) bond motifs is 1. The monoisotopic (exact) mass is 562 g/mol. The second kappa shape index (κ2) is 11.7. The topological polar surface area (TPSA) is 98.5 Å². The third kappa shape index (κ3) is 5.80. The van der Waals surface area contributed by atoms with Crippen molar-refractivity contribution in [3.63, 3.8) is 0 Å². The Kier molecular flexibility index (Phi) is 7.92. The Balaban J connectivity index is 1.46. The van der Waals surface area contributed by atoms with Gasteiger partial charge in [0.05, 0.1) is 29.5 Å². The minimum atomic E-state index is -0.812. The largest absolute Gasteiger partial charge is 0.467 e. The fraction of sp³-hybridized carbons (Fsp3) is 0.143. The molecule has 0 saturated carbocycles. The molecular formula is C28H23FN4O4S2. The van der Waals surface area contributed by atoms with Crippen LogP contribution in [0, 0.1) is 5.82 Å². The van der Waals surface area contributed by atoms with Crippen molar-refractivity contribution >= 4 is 55.5 Å². The molecule has 39 heavy (non-hydrogen) atoms. The van der Waals surface area contributed by atoms with Crippen molar-refractivity contribution in [3.8, 4) is 22.6 Å². The quantitative estimate of drug-likeness (QED) is 0.167. The Bertz CT molecular complexity index is 1620. The molecular weight excluding hydrogens is 539 g/mol. The molecule has 0 aliphatic rings. The molecule has 0 bridgehead atoms. The normalized spacial score (nSPS) is 11.8. The zero-order chi connectivity index (χ0) is 27.4. The molecule has 3 aromatic carbocycles. The van der Waals surface area contributed by atoms with E-state index in [1.165, 1.54) is 37.7 Å². The number of thiocarbonyl (C=S) groups is 1. The molecule has 0 aliphatic carbocycles. The minimum Gasteiger partial charge on any atom is -0.467 e. The molecule has 198 valence electrons. The molecule has 2 heterocycles. The van der Waals surface area contributed by atoms with E-state index in [9.17, 15) is 9.18 Å². The lowest BCUT2D eigenvalue weighted by Gasteiger charge is -2.17. The van der Waals surface area contributed by atoms with E-state index >= 15 is 0 Å². The van der Waals surface area contributed by atoms with Crippen LogP contribution in [0.1, 0.15) is 5.56 Å². The van der Waals surface area contributed by atoms with Gasteiger partial charge in [0, 0.05) is 23.9 Å². The van der Waals surface area contributed by atoms with E-state index in [4.69, 9.17) is 26.2 Å². The van der Waals surface area contributed by atoms with E-state index in [2.05, 4.69) is 20.8 Å². The van der Waals surface area contributed by atoms with Gasteiger partial charge >= 0.3 is 5.97 Å². The van der Waals surface area contributed by atoms with E-state index in [1.807, 2.05) is 54.6 Å². The van der Waals surface area contributed by atoms with Crippen LogP contribution in [0.25, 0.3) is 32.8 Å². The van der Waals surface area contributed by atoms with Crippen LogP contribution in [-0.2, 0) is 14.3 Å². The van der Waals surface area contributed by atoms with E-state index < -0.39 is 12.0 Å². The smallest absolute Gasteiger partial charge is 0.330 e. The van der Waals surface area contributed by atoms with Crippen LogP contribution in [-0.4, -0.2) is 48.0 Å². The molecule has 0 amide bonds. The highest BCUT2D eigenvalue weighted by atomic mass is 32.1. The third-order valence-corrected chi connectivity index (χ3v) is 7.10. The maximum absolute atomic E-state index is 13.5. The summed E-state index contributed by atoms with van der Waals surface area (Å²) >= 11 is 7.10. The zero-order valence-corrected chi connectivity index (χ0v) is 22.6. The van der Waals surface area contributed by atoms with Crippen molar-refractivity contribution in [3.05, 3.63) is 84.2 Å². The number of hydrogen-bond donors (Lipinski definition) is 2. The van der Waals surface area contributed by atoms with E-state index in [0.717, 1.165) is 27.0 Å². The Morgan fingerprint density at radius 3 is 2.56 bits per heavy atom. The summed E-state index contributed by atoms with van der Waals surface area (Å²) in [6, 6.07) is 20.6. The standard InChI is InChI=1S/C28H23FN4O4S2/c1-35-15-21(27(34)36-2)31-26(38)23-24(33-37-25(23)17-6-4-3-5-7-17)16-8-11-19(12-9-16)30-28-32-20-13-10-18(29)14-22(20)39-28/h3-14,21H,15H2,1-2H3,(H,30,32)(H,31,38). The lowest BCUT2D eigenvalue weighted by molar-refractivity contribution is -0.143. The average Bonchev–Trinajstić information content (AvgIpc) is 3.57. The second-order valence-corrected chi connectivity index (χ2v) is 9.88. The van der Waals surface area contributed by atoms with Gasteiger partial charge in [0.1, 0.15) is 22.5 Å². The Morgan fingerprint density at radius 2 is 1.85 bits per heavy atom. The number of aromatic nitrogens is 2. The van der Waals surface area contributed by atoms with Gasteiger partial charge in [0.25, 0.3) is 0 Å². The second-order valence-electron chi connectivity index (χ2n) is 8.44. The number of thiazole rings is 1. The van der Waals surface area contributed by atoms with Crippen LogP contribution in [0.15, 0.2) is 77.3 Å². The summed E-state index contributed by atoms with van der Waals surface area (Å²) in [6.07, 6.45) is 0. The first-order chi connectivity index (χ1) is 19.0. The fourth-order valence-corrected chi connectivity index (χ4v) is 5.22. The molecule has 1 unspecified atom stereocenters. The van der Waals surface area contributed by atoms with Crippen LogP contribution in [0.4, 0.5) is 15.2 Å². The molecule has 2 N–H and O–H groups in total. The number of anilines is 2. The van der Waals surface area contributed by atoms with Gasteiger partial charge in [-0.15, -0.1) is 0 Å². The molecule has 8 nitrogen and oxygen atoms in total. The first-order valence-electron chi connectivity index (χ1n) is 11.8. The SMILES string of the molecule is COCC(NC(=S)c1c(-c2ccc(Nc3nc4ccc(F)cc4s3)cc2)noc1-c1ccccc1)C(=O)OC. The van der Waals surface area contributed by atoms with E-state index in [1.54, 1.807) is 6.07 Å². The predicted molar refractivity (Wildman–Crippen MR) is 153 cm³/mol. The summed E-state index contributed by atoms with van der Waals surface area (Å²) < 4.78 is 30.1. The molecule has 5 aromatic rings. The molecule has 0 radical (unpaired) electrons. The van der Waals surface area contributed by atoms with Crippen LogP contribution in [0.3, 0.4) is 0 Å². The van der Waals surface area contributed by atoms with Crippen LogP contribution < -0.4 is 10.6 Å². The highest BCUT2D eigenvalue weighted by Crippen LogP contribution is 2.34. The average molecular weight is 563 g/mol. The summed E-state index contributed by atoms with van der Waals surface area (Å²) in [7, 11) is 2.79. The van der Waals surface area contributed by atoms with Crippen molar-refractivity contribution in [1.82, 2.24) is 15.5 Å². The number of rotatable bonds is 9. The lowest BCUT2D eigenvalue weighted by atomic mass is 10.0. The summed E-state index contributed by atoms with van der Waals surface area (Å²) in [5.41, 5.74) is 4.09. The van der Waals surface area contributed by atoms with Gasteiger partial charge in [-0.1, -0.05) is 71.2 Å². The van der Waals surface area contributed by atoms with Gasteiger partial charge in [-0.25, -0.2) is 14.2 Å². The minimum absolute atomic E-state index is 0.0624. The van der Waals surface area contributed by atoms with E-state index in [0.29, 0.717) is 22.1 Å². The van der Waals surface area contributed by atoms with Crippen molar-refractivity contribution in [1.29, 1.82) is 0 Å². The highest BCUT2D eigenvalue weighted by Gasteiger charge is 2.27. The van der Waals surface area contributed by atoms with Gasteiger partial charge in [-0.2, -0.15) is 0 Å². The van der Waals surface area contributed by atoms with Gasteiger partial charge in [0.15, 0.2) is 10.9 Å². The summed E-state index contributed by atoms with van der Waals surface area (Å²) in [5.74, 6) is -0.340. The van der Waals surface area contributed by atoms with Crippen molar-refractivity contribution in [2.75, 3.05) is 26.1 Å². The van der Waals surface area contributed by atoms with E-state index in [-0.39, 0.29) is 17.4 Å². The molecule has 0 fully saturated rings. The fourth-order valence-electron chi connectivity index (χ4n) is 3.98. The Morgan fingerprint density at radius 1 is 1.08 bits per heavy atom. The van der Waals surface area contributed by atoms with Gasteiger partial charge in [0.2, 0.25) is 0 Å². The lowest BCUT2D eigenvalue weighted by Crippen LogP contribution is -2.44. The Labute approximate surface area is 232 Å². The number of halogens is 1. The summed E-state index contributed by atoms with van der Waals surface area (Å²) in [6.45, 7) is 0.0624. The van der Waals surface area contributed by atoms with Gasteiger partial charge in [-0.3, -0.25) is 0 Å². The Hall–Kier alpha value is -4.19. The van der Waals surface area contributed by atoms with Crippen molar-refractivity contribution < 1.29 is 23.2 Å². The molecule has 11 heteroatoms. The van der Waals surface area contributed by atoms with Crippen LogP contribution >= 0.6 is 23.6 Å². The zero-order valence-electron chi connectivity index (χ0n) is 20.9. The summed E-state index contributed by atoms with van der Waals surface area (Å²) in [4.78, 5) is 17.1. The molecule has 2 aromatic heterocycles. The van der Waals surface area contributed by atoms with Crippen LogP contribution in [0.5, 0.6) is 0 Å². The molecule has 0 aliphatic heterocycles. The van der Waals surface area contributed by atoms with Gasteiger partial charge < -0.3 is 24.6 Å². The number of benzene rings is 3. The first kappa shape index (κ1) is 26.4. The molecule has 5 rings (SSSR count). The maximum Gasteiger partial charge on any atom is 0.330 e. The van der Waals surface area contributed by atoms with Crippen LogP contribution in [0.2, 0.25) is 0 Å². The number of carbonyl (C=O) groups is 1.